The van der Waals surface area contributed by atoms with Crippen LogP contribution in [0, 0.1) is 11.8 Å². The van der Waals surface area contributed by atoms with E-state index in [1.165, 1.54) is 6.92 Å². The maximum atomic E-state index is 12.9. The minimum Gasteiger partial charge on any atom is -0.463 e. The van der Waals surface area contributed by atoms with Gasteiger partial charge in [-0.05, 0) is 56.8 Å². The maximum absolute atomic E-state index is 12.9. The Labute approximate surface area is 322 Å². The number of benzene rings is 1. The lowest BCUT2D eigenvalue weighted by Gasteiger charge is -2.45. The van der Waals surface area contributed by atoms with Crippen LogP contribution < -0.4 is 15.4 Å². The molecular formula is C38H61N3O14. The topological polar surface area (TPSA) is 246 Å². The van der Waals surface area contributed by atoms with Crippen LogP contribution in [-0.4, -0.2) is 154 Å². The number of nitrogens with one attached hydrogen (secondary N) is 2. The van der Waals surface area contributed by atoms with E-state index >= 15 is 0 Å². The molecule has 14 unspecified atom stereocenters. The van der Waals surface area contributed by atoms with Crippen LogP contribution in [-0.2, 0) is 33.3 Å². The molecule has 14 atom stereocenters. The van der Waals surface area contributed by atoms with Gasteiger partial charge in [0.05, 0.1) is 18.1 Å². The molecule has 0 bridgehead atoms. The summed E-state index contributed by atoms with van der Waals surface area (Å²) < 4.78 is 28.8. The lowest BCUT2D eigenvalue weighted by Crippen LogP contribution is -2.64. The van der Waals surface area contributed by atoms with E-state index in [2.05, 4.69) is 10.6 Å². The molecule has 55 heavy (non-hydrogen) atoms. The van der Waals surface area contributed by atoms with Crippen LogP contribution in [0.1, 0.15) is 78.3 Å². The summed E-state index contributed by atoms with van der Waals surface area (Å²) in [6.07, 6.45) is -13.4. The molecule has 3 saturated heterocycles. The van der Waals surface area contributed by atoms with Crippen LogP contribution in [0.3, 0.4) is 0 Å². The molecule has 17 heteroatoms. The van der Waals surface area contributed by atoms with Gasteiger partial charge in [0.2, 0.25) is 18.1 Å². The van der Waals surface area contributed by atoms with E-state index in [1.54, 1.807) is 36.1 Å². The van der Waals surface area contributed by atoms with Crippen LogP contribution in [0.15, 0.2) is 24.3 Å². The summed E-state index contributed by atoms with van der Waals surface area (Å²) in [4.78, 5) is 39.8. The Morgan fingerprint density at radius 2 is 1.58 bits per heavy atom. The van der Waals surface area contributed by atoms with Gasteiger partial charge in [0.15, 0.2) is 12.4 Å². The number of amides is 2. The number of carbonyl (C=O) groups is 3. The fraction of sp³-hybridized carbons (Fsp3) is 0.763. The van der Waals surface area contributed by atoms with Crippen molar-refractivity contribution in [3.05, 3.63) is 29.8 Å². The van der Waals surface area contributed by atoms with Gasteiger partial charge in [-0.1, -0.05) is 39.8 Å². The summed E-state index contributed by atoms with van der Waals surface area (Å²) in [6.45, 7) is 9.76. The molecule has 0 spiro atoms. The van der Waals surface area contributed by atoms with Crippen LogP contribution in [0.4, 0.5) is 0 Å². The molecule has 8 N–H and O–H groups in total. The zero-order chi connectivity index (χ0) is 40.4. The molecule has 1 aromatic carbocycles. The Balaban J connectivity index is 1.44. The molecule has 4 rings (SSSR count). The number of esters is 1. The monoisotopic (exact) mass is 783 g/mol. The number of carbonyl (C=O) groups excluding carboxylic acids is 3. The first kappa shape index (κ1) is 44.7. The van der Waals surface area contributed by atoms with E-state index in [4.69, 9.17) is 23.7 Å². The average Bonchev–Trinajstić information content (AvgIpc) is 3.19. The predicted molar refractivity (Wildman–Crippen MR) is 195 cm³/mol. The molecule has 0 radical (unpaired) electrons. The van der Waals surface area contributed by atoms with E-state index < -0.39 is 92.1 Å². The summed E-state index contributed by atoms with van der Waals surface area (Å²) >= 11 is 0. The zero-order valence-corrected chi connectivity index (χ0v) is 32.4. The highest BCUT2D eigenvalue weighted by Gasteiger charge is 2.51. The minimum atomic E-state index is -1.80. The van der Waals surface area contributed by atoms with Gasteiger partial charge in [-0.25, -0.2) is 0 Å². The Morgan fingerprint density at radius 3 is 2.25 bits per heavy atom. The van der Waals surface area contributed by atoms with E-state index in [0.29, 0.717) is 45.3 Å². The number of β-amino-alcohol motifs (C(OH)–C–C–N with tert-alkyl or cyclic N) is 1. The molecule has 0 saturated carbocycles. The molecule has 3 aliphatic rings. The number of rotatable bonds is 11. The number of aliphatic hydroxyl groups excluding tert-OH is 6. The fourth-order valence-corrected chi connectivity index (χ4v) is 6.56. The number of hydrogen-bond donors (Lipinski definition) is 8. The summed E-state index contributed by atoms with van der Waals surface area (Å²) in [5, 5.41) is 70.6. The van der Waals surface area contributed by atoms with Crippen LogP contribution in [0.25, 0.3) is 0 Å². The molecule has 1 aromatic rings. The quantitative estimate of drug-likeness (QED) is 0.132. The van der Waals surface area contributed by atoms with Crippen molar-refractivity contribution in [3.8, 4) is 5.75 Å². The highest BCUT2D eigenvalue weighted by atomic mass is 16.8. The molecular weight excluding hydrogens is 722 g/mol. The predicted octanol–water partition coefficient (Wildman–Crippen LogP) is -0.519. The van der Waals surface area contributed by atoms with Gasteiger partial charge in [-0.2, -0.15) is 0 Å². The van der Waals surface area contributed by atoms with Crippen molar-refractivity contribution in [3.63, 3.8) is 0 Å². The first-order valence-corrected chi connectivity index (χ1v) is 19.4. The number of ether oxygens (including phenoxy) is 5. The Hall–Kier alpha value is -2.97. The van der Waals surface area contributed by atoms with E-state index in [0.717, 1.165) is 5.56 Å². The molecule has 312 valence electrons. The van der Waals surface area contributed by atoms with Gasteiger partial charge < -0.3 is 69.9 Å². The van der Waals surface area contributed by atoms with Gasteiger partial charge in [-0.15, -0.1) is 0 Å². The lowest BCUT2D eigenvalue weighted by atomic mass is 9.97. The van der Waals surface area contributed by atoms with Gasteiger partial charge in [0.25, 0.3) is 0 Å². The number of nitrogens with zero attached hydrogens (tertiary/aromatic N) is 1. The number of aliphatic hydroxyl groups is 6. The van der Waals surface area contributed by atoms with Gasteiger partial charge in [0.1, 0.15) is 49.0 Å². The average molecular weight is 784 g/mol. The Morgan fingerprint density at radius 1 is 0.891 bits per heavy atom. The summed E-state index contributed by atoms with van der Waals surface area (Å²) in [7, 11) is 0. The van der Waals surface area contributed by atoms with Crippen molar-refractivity contribution in [2.75, 3.05) is 32.8 Å². The molecule has 0 aromatic heterocycles. The van der Waals surface area contributed by atoms with Crippen LogP contribution in [0.2, 0.25) is 0 Å². The summed E-state index contributed by atoms with van der Waals surface area (Å²) in [5.74, 6) is -1.05. The SMILES string of the molecule is CCC(C)C(=O)OCC1OC(OC2C(Oc3ccc(C4CC(=O)NCCCN(C(=O)C(C)CC)CC(O)CCN4)cc3)OC(C)C(O)C2O)C(O)C(O)C1O. The second-order valence-corrected chi connectivity index (χ2v) is 14.9. The van der Waals surface area contributed by atoms with Crippen molar-refractivity contribution in [1.82, 2.24) is 15.5 Å². The maximum Gasteiger partial charge on any atom is 0.308 e. The highest BCUT2D eigenvalue weighted by Crippen LogP contribution is 2.31. The second-order valence-electron chi connectivity index (χ2n) is 14.9. The van der Waals surface area contributed by atoms with Crippen LogP contribution >= 0.6 is 0 Å². The highest BCUT2D eigenvalue weighted by molar-refractivity contribution is 5.78. The normalized spacial score (nSPS) is 35.3. The molecule has 3 fully saturated rings. The van der Waals surface area contributed by atoms with E-state index in [1.807, 2.05) is 20.8 Å². The minimum absolute atomic E-state index is 0.0172. The smallest absolute Gasteiger partial charge is 0.308 e. The first-order chi connectivity index (χ1) is 26.1. The molecule has 2 amide bonds. The zero-order valence-electron chi connectivity index (χ0n) is 32.4. The van der Waals surface area contributed by atoms with Gasteiger partial charge in [0, 0.05) is 38.0 Å². The molecule has 3 heterocycles. The molecule has 17 nitrogen and oxygen atoms in total. The fourth-order valence-electron chi connectivity index (χ4n) is 6.56. The van der Waals surface area contributed by atoms with Crippen molar-refractivity contribution in [2.24, 2.45) is 11.8 Å². The summed E-state index contributed by atoms with van der Waals surface area (Å²) in [6, 6.07) is 6.30. The van der Waals surface area contributed by atoms with Crippen molar-refractivity contribution >= 4 is 17.8 Å². The molecule has 3 aliphatic heterocycles. The van der Waals surface area contributed by atoms with E-state index in [-0.39, 0.29) is 36.4 Å². The Kier molecular flexibility index (Phi) is 17.1. The van der Waals surface area contributed by atoms with Crippen LogP contribution in [0.5, 0.6) is 5.75 Å². The summed E-state index contributed by atoms with van der Waals surface area (Å²) in [5.41, 5.74) is 0.743. The standard InChI is InChI=1S/C38H61N3O14/c1-6-20(3)35(49)41-16-8-14-40-28(43)17-26(39-15-13-24(42)18-41)23-9-11-25(12-10-23)53-38-34(32(47)29(44)22(5)52-38)55-37-33(48)31(46)30(45)27(54-37)19-51-36(50)21(4)7-2/h9-12,20-22,24,26-27,29-34,37-39,42,44-48H,6-8,13-19H2,1-5H3,(H,40,43). The third kappa shape index (κ3) is 12.0. The Bertz CT molecular complexity index is 1370. The van der Waals surface area contributed by atoms with Crippen molar-refractivity contribution in [2.45, 2.75) is 140 Å². The first-order valence-electron chi connectivity index (χ1n) is 19.4. The third-order valence-corrected chi connectivity index (χ3v) is 10.6. The lowest BCUT2D eigenvalue weighted by molar-refractivity contribution is -0.355. The van der Waals surface area contributed by atoms with Crippen molar-refractivity contribution in [1.29, 1.82) is 0 Å². The number of hydrogen-bond acceptors (Lipinski definition) is 15. The molecule has 0 aliphatic carbocycles. The third-order valence-electron chi connectivity index (χ3n) is 10.6. The van der Waals surface area contributed by atoms with Crippen molar-refractivity contribution < 1.29 is 68.7 Å². The van der Waals surface area contributed by atoms with Gasteiger partial charge in [-0.3, -0.25) is 14.4 Å². The van der Waals surface area contributed by atoms with Gasteiger partial charge >= 0.3 is 5.97 Å². The second kappa shape index (κ2) is 21.0. The largest absolute Gasteiger partial charge is 0.463 e. The van der Waals surface area contributed by atoms with E-state index in [9.17, 15) is 45.0 Å².